The van der Waals surface area contributed by atoms with Crippen LogP contribution in [0.3, 0.4) is 0 Å². The number of rotatable bonds is 7. The Bertz CT molecular complexity index is 591. The van der Waals surface area contributed by atoms with Crippen molar-refractivity contribution in [3.63, 3.8) is 0 Å². The maximum atomic E-state index is 12.4. The minimum absolute atomic E-state index is 0.0150. The number of ether oxygens (including phenoxy) is 2. The van der Waals surface area contributed by atoms with Crippen molar-refractivity contribution in [2.45, 2.75) is 11.8 Å². The van der Waals surface area contributed by atoms with Gasteiger partial charge in [-0.2, -0.15) is 0 Å². The van der Waals surface area contributed by atoms with Crippen LogP contribution in [0, 0.1) is 5.92 Å². The van der Waals surface area contributed by atoms with Gasteiger partial charge in [0.1, 0.15) is 11.5 Å². The van der Waals surface area contributed by atoms with Crippen LogP contribution in [0.1, 0.15) is 6.92 Å². The molecule has 1 rings (SSSR count). The first-order valence-electron chi connectivity index (χ1n) is 6.14. The number of sulfonamides is 1. The zero-order chi connectivity index (χ0) is 16.2. The molecule has 0 saturated carbocycles. The maximum absolute atomic E-state index is 12.4. The summed E-state index contributed by atoms with van der Waals surface area (Å²) in [4.78, 5) is 10.8. The van der Waals surface area contributed by atoms with E-state index in [2.05, 4.69) is 0 Å². The highest BCUT2D eigenvalue weighted by Gasteiger charge is 2.26. The van der Waals surface area contributed by atoms with Gasteiger partial charge in [-0.25, -0.2) is 12.7 Å². The highest BCUT2D eigenvalue weighted by molar-refractivity contribution is 7.89. The molecule has 1 atom stereocenters. The summed E-state index contributed by atoms with van der Waals surface area (Å²) in [5.41, 5.74) is 0. The van der Waals surface area contributed by atoms with Crippen LogP contribution in [-0.4, -0.2) is 51.6 Å². The van der Waals surface area contributed by atoms with Crippen molar-refractivity contribution in [1.29, 1.82) is 0 Å². The van der Waals surface area contributed by atoms with E-state index in [1.807, 2.05) is 0 Å². The van der Waals surface area contributed by atoms with Crippen LogP contribution in [0.15, 0.2) is 23.1 Å². The molecule has 8 heteroatoms. The maximum Gasteiger partial charge on any atom is 0.307 e. The lowest BCUT2D eigenvalue weighted by molar-refractivity contribution is -0.141. The zero-order valence-electron chi connectivity index (χ0n) is 12.4. The van der Waals surface area contributed by atoms with E-state index in [9.17, 15) is 13.2 Å². The first kappa shape index (κ1) is 17.3. The zero-order valence-corrected chi connectivity index (χ0v) is 13.2. The summed E-state index contributed by atoms with van der Waals surface area (Å²) in [7, 11) is 0.347. The topological polar surface area (TPSA) is 93.1 Å². The van der Waals surface area contributed by atoms with Gasteiger partial charge in [0, 0.05) is 31.8 Å². The lowest BCUT2D eigenvalue weighted by atomic mass is 10.2. The van der Waals surface area contributed by atoms with E-state index < -0.39 is 21.9 Å². The number of hydrogen-bond acceptors (Lipinski definition) is 5. The van der Waals surface area contributed by atoms with Crippen molar-refractivity contribution in [3.05, 3.63) is 18.2 Å². The Balaban J connectivity index is 3.15. The van der Waals surface area contributed by atoms with Crippen LogP contribution in [0.2, 0.25) is 0 Å². The Labute approximate surface area is 124 Å². The van der Waals surface area contributed by atoms with Crippen molar-refractivity contribution >= 4 is 16.0 Å². The number of hydrogen-bond donors (Lipinski definition) is 1. The molecule has 1 aromatic carbocycles. The van der Waals surface area contributed by atoms with Crippen molar-refractivity contribution in [1.82, 2.24) is 4.31 Å². The van der Waals surface area contributed by atoms with Crippen molar-refractivity contribution in [2.24, 2.45) is 5.92 Å². The molecule has 118 valence electrons. The molecule has 0 aliphatic heterocycles. The summed E-state index contributed by atoms with van der Waals surface area (Å²) in [5.74, 6) is -1.18. The number of aliphatic carboxylic acids is 1. The molecule has 0 bridgehead atoms. The Morgan fingerprint density at radius 3 is 2.10 bits per heavy atom. The van der Waals surface area contributed by atoms with Crippen LogP contribution in [0.5, 0.6) is 11.5 Å². The summed E-state index contributed by atoms with van der Waals surface area (Å²) < 4.78 is 36.0. The van der Waals surface area contributed by atoms with E-state index in [4.69, 9.17) is 14.6 Å². The summed E-state index contributed by atoms with van der Waals surface area (Å²) in [6, 6.07) is 4.28. The van der Waals surface area contributed by atoms with Crippen LogP contribution in [0.25, 0.3) is 0 Å². The smallest absolute Gasteiger partial charge is 0.307 e. The van der Waals surface area contributed by atoms with E-state index in [-0.39, 0.29) is 11.4 Å². The fraction of sp³-hybridized carbons (Fsp3) is 0.462. The van der Waals surface area contributed by atoms with Gasteiger partial charge in [0.05, 0.1) is 25.0 Å². The van der Waals surface area contributed by atoms with Crippen molar-refractivity contribution < 1.29 is 27.8 Å². The van der Waals surface area contributed by atoms with Gasteiger partial charge in [0.25, 0.3) is 0 Å². The normalized spacial score (nSPS) is 13.0. The molecule has 7 nitrogen and oxygen atoms in total. The van der Waals surface area contributed by atoms with Gasteiger partial charge in [-0.05, 0) is 0 Å². The standard InChI is InChI=1S/C13H19NO6S/c1-9(13(15)16)8-14(2)21(17,18)12-6-10(19-3)5-11(7-12)20-4/h5-7,9H,8H2,1-4H3,(H,15,16). The van der Waals surface area contributed by atoms with E-state index in [1.165, 1.54) is 40.3 Å². The van der Waals surface area contributed by atoms with Gasteiger partial charge in [0.15, 0.2) is 0 Å². The predicted octanol–water partition coefficient (Wildman–Crippen LogP) is 1.05. The quantitative estimate of drug-likeness (QED) is 0.808. The second kappa shape index (κ2) is 6.77. The third kappa shape index (κ3) is 4.08. The lowest BCUT2D eigenvalue weighted by Crippen LogP contribution is -2.33. The molecule has 0 saturated heterocycles. The average molecular weight is 317 g/mol. The van der Waals surface area contributed by atoms with E-state index >= 15 is 0 Å². The Morgan fingerprint density at radius 1 is 1.24 bits per heavy atom. The second-order valence-corrected chi connectivity index (χ2v) is 6.62. The van der Waals surface area contributed by atoms with E-state index in [0.29, 0.717) is 11.5 Å². The van der Waals surface area contributed by atoms with Crippen LogP contribution >= 0.6 is 0 Å². The molecule has 0 aliphatic rings. The summed E-state index contributed by atoms with van der Waals surface area (Å²) in [6.07, 6.45) is 0. The third-order valence-electron chi connectivity index (χ3n) is 2.99. The molecule has 1 N–H and O–H groups in total. The Kier molecular flexibility index (Phi) is 5.56. The monoisotopic (exact) mass is 317 g/mol. The molecular formula is C13H19NO6S. The van der Waals surface area contributed by atoms with Crippen molar-refractivity contribution in [3.8, 4) is 11.5 Å². The number of carboxylic acids is 1. The minimum atomic E-state index is -3.82. The molecule has 0 amide bonds. The van der Waals surface area contributed by atoms with Crippen molar-refractivity contribution in [2.75, 3.05) is 27.8 Å². The lowest BCUT2D eigenvalue weighted by Gasteiger charge is -2.20. The predicted molar refractivity (Wildman–Crippen MR) is 76.2 cm³/mol. The first-order chi connectivity index (χ1) is 9.72. The molecule has 0 spiro atoms. The van der Waals surface area contributed by atoms with Gasteiger partial charge < -0.3 is 14.6 Å². The van der Waals surface area contributed by atoms with Crippen LogP contribution in [-0.2, 0) is 14.8 Å². The van der Waals surface area contributed by atoms with Gasteiger partial charge >= 0.3 is 5.97 Å². The number of nitrogens with zero attached hydrogens (tertiary/aromatic N) is 1. The molecular weight excluding hydrogens is 298 g/mol. The largest absolute Gasteiger partial charge is 0.497 e. The molecule has 1 aromatic rings. The first-order valence-corrected chi connectivity index (χ1v) is 7.58. The molecule has 0 aliphatic carbocycles. The SMILES string of the molecule is COc1cc(OC)cc(S(=O)(=O)N(C)CC(C)C(=O)O)c1. The number of benzene rings is 1. The molecule has 0 heterocycles. The van der Waals surface area contributed by atoms with E-state index in [1.54, 1.807) is 6.07 Å². The highest BCUT2D eigenvalue weighted by Crippen LogP contribution is 2.27. The van der Waals surface area contributed by atoms with Gasteiger partial charge in [-0.3, -0.25) is 4.79 Å². The molecule has 0 radical (unpaired) electrons. The number of carboxylic acid groups (broad SMARTS) is 1. The summed E-state index contributed by atoms with van der Waals surface area (Å²) in [5, 5.41) is 8.87. The Morgan fingerprint density at radius 2 is 1.71 bits per heavy atom. The molecule has 21 heavy (non-hydrogen) atoms. The fourth-order valence-electron chi connectivity index (χ4n) is 1.67. The fourth-order valence-corrected chi connectivity index (χ4v) is 2.98. The van der Waals surface area contributed by atoms with Crippen LogP contribution < -0.4 is 9.47 Å². The van der Waals surface area contributed by atoms with Gasteiger partial charge in [-0.15, -0.1) is 0 Å². The van der Waals surface area contributed by atoms with Gasteiger partial charge in [0.2, 0.25) is 10.0 Å². The second-order valence-electron chi connectivity index (χ2n) is 4.57. The minimum Gasteiger partial charge on any atom is -0.497 e. The average Bonchev–Trinajstić information content (AvgIpc) is 2.46. The molecule has 1 unspecified atom stereocenters. The van der Waals surface area contributed by atoms with Gasteiger partial charge in [-0.1, -0.05) is 6.92 Å². The highest BCUT2D eigenvalue weighted by atomic mass is 32.2. The molecule has 0 fully saturated rings. The summed E-state index contributed by atoms with van der Waals surface area (Å²) in [6.45, 7) is 1.32. The molecule has 0 aromatic heterocycles. The van der Waals surface area contributed by atoms with Crippen LogP contribution in [0.4, 0.5) is 0 Å². The van der Waals surface area contributed by atoms with E-state index in [0.717, 1.165) is 4.31 Å². The Hall–Kier alpha value is -1.80. The number of carbonyl (C=O) groups is 1. The number of methoxy groups -OCH3 is 2. The summed E-state index contributed by atoms with van der Waals surface area (Å²) >= 11 is 0. The third-order valence-corrected chi connectivity index (χ3v) is 4.79.